The van der Waals surface area contributed by atoms with Gasteiger partial charge in [-0.25, -0.2) is 0 Å². The van der Waals surface area contributed by atoms with Crippen molar-refractivity contribution in [3.8, 4) is 17.2 Å². The number of nitrogens with one attached hydrogen (secondary N) is 1. The van der Waals surface area contributed by atoms with Crippen LogP contribution in [0.3, 0.4) is 0 Å². The molecule has 6 heteroatoms. The molecule has 1 heterocycles. The first kappa shape index (κ1) is 19.0. The molecule has 0 radical (unpaired) electrons. The number of hydrogen-bond acceptors (Lipinski definition) is 4. The number of halogens is 1. The fourth-order valence-corrected chi connectivity index (χ4v) is 3.33. The van der Waals surface area contributed by atoms with Crippen molar-refractivity contribution in [3.05, 3.63) is 57.7 Å². The van der Waals surface area contributed by atoms with E-state index in [1.54, 1.807) is 19.1 Å². The van der Waals surface area contributed by atoms with Gasteiger partial charge in [0.25, 0.3) is 0 Å². The quantitative estimate of drug-likeness (QED) is 0.429. The smallest absolute Gasteiger partial charge is 0.203 e. The van der Waals surface area contributed by atoms with Crippen molar-refractivity contribution < 1.29 is 19.0 Å². The van der Waals surface area contributed by atoms with Gasteiger partial charge < -0.3 is 19.2 Å². The molecule has 0 fully saturated rings. The topological polar surface area (TPSA) is 60.6 Å². The van der Waals surface area contributed by atoms with Crippen LogP contribution >= 0.6 is 15.9 Å². The Hall–Kier alpha value is -2.73. The fourth-order valence-electron chi connectivity index (χ4n) is 2.97. The summed E-state index contributed by atoms with van der Waals surface area (Å²) in [5.41, 5.74) is 3.03. The molecular formula is C21H20BrNO4. The minimum absolute atomic E-state index is 0.112. The van der Waals surface area contributed by atoms with Crippen molar-refractivity contribution in [2.75, 3.05) is 21.3 Å². The lowest BCUT2D eigenvalue weighted by molar-refractivity contribution is 0.103. The van der Waals surface area contributed by atoms with Gasteiger partial charge in [-0.15, -0.1) is 0 Å². The minimum atomic E-state index is -0.112. The average molecular weight is 430 g/mol. The number of allylic oxidation sites excluding steroid dienone is 1. The zero-order chi connectivity index (χ0) is 19.6. The number of fused-ring (bicyclic) bond motifs is 1. The van der Waals surface area contributed by atoms with Crippen molar-refractivity contribution >= 4 is 38.7 Å². The van der Waals surface area contributed by atoms with Crippen LogP contribution in [0.25, 0.3) is 17.0 Å². The van der Waals surface area contributed by atoms with Gasteiger partial charge in [-0.3, -0.25) is 4.79 Å². The van der Waals surface area contributed by atoms with Crippen LogP contribution in [0, 0.1) is 0 Å². The average Bonchev–Trinajstić information content (AvgIpc) is 3.07. The second-order valence-electron chi connectivity index (χ2n) is 6.00. The number of carbonyl (C=O) groups excluding carboxylic acids is 1. The van der Waals surface area contributed by atoms with E-state index >= 15 is 0 Å². The second-order valence-corrected chi connectivity index (χ2v) is 6.92. The molecule has 0 amide bonds. The number of carbonyl (C=O) groups is 1. The number of ketones is 1. The summed E-state index contributed by atoms with van der Waals surface area (Å²) >= 11 is 3.49. The van der Waals surface area contributed by atoms with E-state index in [1.165, 1.54) is 21.3 Å². The largest absolute Gasteiger partial charge is 0.493 e. The highest BCUT2D eigenvalue weighted by molar-refractivity contribution is 9.10. The van der Waals surface area contributed by atoms with Gasteiger partial charge in [-0.05, 0) is 48.9 Å². The molecule has 3 rings (SSSR count). The molecular weight excluding hydrogens is 410 g/mol. The van der Waals surface area contributed by atoms with Gasteiger partial charge >= 0.3 is 0 Å². The number of methoxy groups -OCH3 is 3. The second kappa shape index (κ2) is 7.88. The molecule has 2 aromatic carbocycles. The number of H-pyrrole nitrogens is 1. The summed E-state index contributed by atoms with van der Waals surface area (Å²) in [7, 11) is 4.58. The van der Waals surface area contributed by atoms with Crippen molar-refractivity contribution in [3.63, 3.8) is 0 Å². The number of Topliss-reactive ketones (excluding diaryl/α,β-unsaturated/α-hetero) is 1. The molecule has 0 unspecified atom stereocenters. The maximum absolute atomic E-state index is 13.0. The summed E-state index contributed by atoms with van der Waals surface area (Å²) in [6.45, 7) is 1.79. The van der Waals surface area contributed by atoms with Gasteiger partial charge in [0.15, 0.2) is 17.3 Å². The summed E-state index contributed by atoms with van der Waals surface area (Å²) in [4.78, 5) is 16.2. The van der Waals surface area contributed by atoms with Crippen molar-refractivity contribution in [1.82, 2.24) is 4.98 Å². The predicted molar refractivity (Wildman–Crippen MR) is 110 cm³/mol. The molecule has 0 aliphatic carbocycles. The lowest BCUT2D eigenvalue weighted by Gasteiger charge is -2.13. The molecule has 0 atom stereocenters. The van der Waals surface area contributed by atoms with E-state index in [2.05, 4.69) is 20.9 Å². The Kier molecular flexibility index (Phi) is 5.56. The van der Waals surface area contributed by atoms with Crippen LogP contribution < -0.4 is 14.2 Å². The molecule has 0 aliphatic rings. The zero-order valence-corrected chi connectivity index (χ0v) is 17.1. The molecule has 0 bridgehead atoms. The number of rotatable bonds is 6. The third-order valence-corrected chi connectivity index (χ3v) is 4.83. The molecule has 1 aromatic heterocycles. The van der Waals surface area contributed by atoms with Gasteiger partial charge in [0.1, 0.15) is 0 Å². The Bertz CT molecular complexity index is 1010. The van der Waals surface area contributed by atoms with E-state index < -0.39 is 0 Å². The van der Waals surface area contributed by atoms with Crippen LogP contribution in [0.2, 0.25) is 0 Å². The number of hydrogen-bond donors (Lipinski definition) is 1. The monoisotopic (exact) mass is 429 g/mol. The van der Waals surface area contributed by atoms with Gasteiger partial charge in [0.05, 0.1) is 21.3 Å². The molecule has 140 valence electrons. The fraction of sp³-hybridized carbons (Fsp3) is 0.190. The third-order valence-electron chi connectivity index (χ3n) is 4.33. The first-order valence-electron chi connectivity index (χ1n) is 8.28. The highest BCUT2D eigenvalue weighted by atomic mass is 79.9. The maximum Gasteiger partial charge on any atom is 0.203 e. The Balaban J connectivity index is 2.02. The SMILES string of the molecule is COc1cc(C(=O)C(C)=Cc2c[nH]c3ccc(Br)cc23)cc(OC)c1OC. The standard InChI is InChI=1S/C21H20BrNO4/c1-12(7-14-11-23-17-6-5-15(22)10-16(14)17)20(24)13-8-18(25-2)21(27-4)19(9-13)26-3/h5-11,23H,1-4H3. The molecule has 5 nitrogen and oxygen atoms in total. The minimum Gasteiger partial charge on any atom is -0.493 e. The van der Waals surface area contributed by atoms with Crippen LogP contribution in [0.15, 0.2) is 46.6 Å². The van der Waals surface area contributed by atoms with Crippen LogP contribution in [0.5, 0.6) is 17.2 Å². The lowest BCUT2D eigenvalue weighted by Crippen LogP contribution is -2.03. The lowest BCUT2D eigenvalue weighted by atomic mass is 10.0. The highest BCUT2D eigenvalue weighted by Crippen LogP contribution is 2.38. The number of benzene rings is 2. The zero-order valence-electron chi connectivity index (χ0n) is 15.6. The van der Waals surface area contributed by atoms with Gasteiger partial charge in [0.2, 0.25) is 5.75 Å². The molecule has 0 spiro atoms. The molecule has 27 heavy (non-hydrogen) atoms. The summed E-state index contributed by atoms with van der Waals surface area (Å²) in [5, 5.41) is 1.04. The van der Waals surface area contributed by atoms with Gasteiger partial charge in [-0.1, -0.05) is 15.9 Å². The molecule has 0 aliphatic heterocycles. The van der Waals surface area contributed by atoms with Crippen molar-refractivity contribution in [2.24, 2.45) is 0 Å². The summed E-state index contributed by atoms with van der Waals surface area (Å²) in [5.74, 6) is 1.24. The highest BCUT2D eigenvalue weighted by Gasteiger charge is 2.18. The molecule has 0 saturated heterocycles. The third kappa shape index (κ3) is 3.71. The Morgan fingerprint density at radius 2 is 1.70 bits per heavy atom. The Morgan fingerprint density at radius 1 is 1.04 bits per heavy atom. The maximum atomic E-state index is 13.0. The van der Waals surface area contributed by atoms with E-state index in [1.807, 2.05) is 30.5 Å². The molecule has 3 aromatic rings. The summed E-state index contributed by atoms with van der Waals surface area (Å²) in [6.07, 6.45) is 3.76. The molecule has 0 saturated carbocycles. The first-order chi connectivity index (χ1) is 13.0. The first-order valence-corrected chi connectivity index (χ1v) is 9.07. The Labute approximate surface area is 166 Å². The van der Waals surface area contributed by atoms with E-state index in [9.17, 15) is 4.79 Å². The summed E-state index contributed by atoms with van der Waals surface area (Å²) in [6, 6.07) is 9.31. The number of aromatic nitrogens is 1. The van der Waals surface area contributed by atoms with Crippen molar-refractivity contribution in [1.29, 1.82) is 0 Å². The van der Waals surface area contributed by atoms with E-state index in [0.717, 1.165) is 20.9 Å². The van der Waals surface area contributed by atoms with E-state index in [-0.39, 0.29) is 5.78 Å². The van der Waals surface area contributed by atoms with Gasteiger partial charge in [0, 0.05) is 32.7 Å². The van der Waals surface area contributed by atoms with Gasteiger partial charge in [-0.2, -0.15) is 0 Å². The number of aromatic amines is 1. The van der Waals surface area contributed by atoms with Crippen LogP contribution in [-0.4, -0.2) is 32.1 Å². The number of ether oxygens (including phenoxy) is 3. The van der Waals surface area contributed by atoms with E-state index in [4.69, 9.17) is 14.2 Å². The van der Waals surface area contributed by atoms with Crippen molar-refractivity contribution in [2.45, 2.75) is 6.92 Å². The summed E-state index contributed by atoms with van der Waals surface area (Å²) < 4.78 is 17.0. The van der Waals surface area contributed by atoms with E-state index in [0.29, 0.717) is 28.4 Å². The van der Waals surface area contributed by atoms with Crippen LogP contribution in [0.1, 0.15) is 22.8 Å². The normalized spacial score (nSPS) is 11.5. The Morgan fingerprint density at radius 3 is 2.30 bits per heavy atom. The van der Waals surface area contributed by atoms with Crippen LogP contribution in [0.4, 0.5) is 0 Å². The molecule has 1 N–H and O–H groups in total. The van der Waals surface area contributed by atoms with Crippen LogP contribution in [-0.2, 0) is 0 Å². The predicted octanol–water partition coefficient (Wildman–Crippen LogP) is 5.24.